The quantitative estimate of drug-likeness (QED) is 0.683. The van der Waals surface area contributed by atoms with E-state index in [1.54, 1.807) is 0 Å². The van der Waals surface area contributed by atoms with Crippen LogP contribution in [0.3, 0.4) is 0 Å². The molecule has 1 saturated carbocycles. The predicted molar refractivity (Wildman–Crippen MR) is 71.4 cm³/mol. The van der Waals surface area contributed by atoms with Gasteiger partial charge in [-0.1, -0.05) is 0 Å². The van der Waals surface area contributed by atoms with E-state index in [-0.39, 0.29) is 11.4 Å². The van der Waals surface area contributed by atoms with Crippen molar-refractivity contribution in [1.82, 2.24) is 4.72 Å². The van der Waals surface area contributed by atoms with E-state index in [2.05, 4.69) is 4.72 Å². The maximum Gasteiger partial charge on any atom is 0.240 e. The molecule has 1 aliphatic rings. The molecule has 0 amide bonds. The molecule has 6 nitrogen and oxygen atoms in total. The third-order valence-electron chi connectivity index (χ3n) is 3.39. The minimum Gasteiger partial charge on any atom is -0.495 e. The largest absolute Gasteiger partial charge is 0.495 e. The van der Waals surface area contributed by atoms with E-state index >= 15 is 0 Å². The Kier molecular flexibility index (Phi) is 3.71. The Morgan fingerprint density at radius 2 is 2.16 bits per heavy atom. The molecule has 0 saturated heterocycles. The predicted octanol–water partition coefficient (Wildman–Crippen LogP) is 0.471. The Balaban J connectivity index is 2.14. The second-order valence-corrected chi connectivity index (χ2v) is 6.57. The van der Waals surface area contributed by atoms with Gasteiger partial charge >= 0.3 is 0 Å². The molecule has 0 atom stereocenters. The SMILES string of the molecule is COc1cc(S(=O)(=O)NCC2(O)CCC2)ccc1N. The van der Waals surface area contributed by atoms with Gasteiger partial charge in [-0.3, -0.25) is 0 Å². The van der Waals surface area contributed by atoms with Gasteiger partial charge in [-0.2, -0.15) is 0 Å². The average Bonchev–Trinajstić information content (AvgIpc) is 2.34. The molecule has 1 aromatic carbocycles. The fraction of sp³-hybridized carbons (Fsp3) is 0.500. The number of hydrogen-bond donors (Lipinski definition) is 3. The van der Waals surface area contributed by atoms with Crippen LogP contribution >= 0.6 is 0 Å². The number of anilines is 1. The Morgan fingerprint density at radius 1 is 1.47 bits per heavy atom. The van der Waals surface area contributed by atoms with Crippen molar-refractivity contribution in [1.29, 1.82) is 0 Å². The first-order valence-corrected chi connectivity index (χ1v) is 7.50. The molecule has 0 aromatic heterocycles. The summed E-state index contributed by atoms with van der Waals surface area (Å²) in [7, 11) is -2.24. The maximum absolute atomic E-state index is 12.1. The molecule has 4 N–H and O–H groups in total. The molecule has 2 rings (SSSR count). The maximum atomic E-state index is 12.1. The van der Waals surface area contributed by atoms with Crippen molar-refractivity contribution >= 4 is 15.7 Å². The smallest absolute Gasteiger partial charge is 0.240 e. The highest BCUT2D eigenvalue weighted by Crippen LogP contribution is 2.31. The summed E-state index contributed by atoms with van der Waals surface area (Å²) in [5, 5.41) is 9.89. The van der Waals surface area contributed by atoms with Crippen molar-refractivity contribution in [2.75, 3.05) is 19.4 Å². The first kappa shape index (κ1) is 14.1. The van der Waals surface area contributed by atoms with Gasteiger partial charge in [0.25, 0.3) is 0 Å². The van der Waals surface area contributed by atoms with Gasteiger partial charge < -0.3 is 15.6 Å². The average molecular weight is 286 g/mol. The Labute approximate surface area is 112 Å². The van der Waals surface area contributed by atoms with Crippen molar-refractivity contribution < 1.29 is 18.3 Å². The molecule has 0 unspecified atom stereocenters. The Morgan fingerprint density at radius 3 is 2.68 bits per heavy atom. The van der Waals surface area contributed by atoms with Crippen LogP contribution in [-0.4, -0.2) is 32.8 Å². The van der Waals surface area contributed by atoms with Crippen LogP contribution in [0.5, 0.6) is 5.75 Å². The lowest BCUT2D eigenvalue weighted by Gasteiger charge is -2.36. The van der Waals surface area contributed by atoms with E-state index in [0.29, 0.717) is 24.3 Å². The highest BCUT2D eigenvalue weighted by Gasteiger charge is 2.35. The van der Waals surface area contributed by atoms with Gasteiger partial charge in [0, 0.05) is 12.6 Å². The summed E-state index contributed by atoms with van der Waals surface area (Å²) in [6.07, 6.45) is 2.18. The van der Waals surface area contributed by atoms with E-state index in [4.69, 9.17) is 10.5 Å². The first-order valence-electron chi connectivity index (χ1n) is 6.02. The number of nitrogens with two attached hydrogens (primary N) is 1. The van der Waals surface area contributed by atoms with Gasteiger partial charge in [-0.15, -0.1) is 0 Å². The molecule has 0 aliphatic heterocycles. The van der Waals surface area contributed by atoms with Crippen LogP contribution < -0.4 is 15.2 Å². The highest BCUT2D eigenvalue weighted by molar-refractivity contribution is 7.89. The summed E-state index contributed by atoms with van der Waals surface area (Å²) >= 11 is 0. The van der Waals surface area contributed by atoms with Gasteiger partial charge in [-0.25, -0.2) is 13.1 Å². The summed E-state index contributed by atoms with van der Waals surface area (Å²) in [5.74, 6) is 0.310. The van der Waals surface area contributed by atoms with Crippen LogP contribution in [0, 0.1) is 0 Å². The normalized spacial score (nSPS) is 17.8. The minimum absolute atomic E-state index is 0.0298. The standard InChI is InChI=1S/C12H18N2O4S/c1-18-11-7-9(3-4-10(11)13)19(16,17)14-8-12(15)5-2-6-12/h3-4,7,14-15H,2,5-6,8,13H2,1H3. The lowest BCUT2D eigenvalue weighted by Crippen LogP contribution is -2.47. The first-order chi connectivity index (χ1) is 8.86. The van der Waals surface area contributed by atoms with Gasteiger partial charge in [0.1, 0.15) is 5.75 Å². The van der Waals surface area contributed by atoms with Crippen LogP contribution in [0.15, 0.2) is 23.1 Å². The molecule has 0 bridgehead atoms. The van der Waals surface area contributed by atoms with Crippen molar-refractivity contribution in [3.63, 3.8) is 0 Å². The third-order valence-corrected chi connectivity index (χ3v) is 4.79. The van der Waals surface area contributed by atoms with Crippen LogP contribution in [0.2, 0.25) is 0 Å². The van der Waals surface area contributed by atoms with Gasteiger partial charge in [0.05, 0.1) is 23.3 Å². The summed E-state index contributed by atoms with van der Waals surface area (Å²) in [4.78, 5) is 0.0708. The number of benzene rings is 1. The van der Waals surface area contributed by atoms with Crippen LogP contribution in [0.25, 0.3) is 0 Å². The van der Waals surface area contributed by atoms with Crippen molar-refractivity contribution in [3.8, 4) is 5.75 Å². The van der Waals surface area contributed by atoms with E-state index in [9.17, 15) is 13.5 Å². The summed E-state index contributed by atoms with van der Waals surface area (Å²) in [6, 6.07) is 4.25. The molecular weight excluding hydrogens is 268 g/mol. The molecule has 1 aliphatic carbocycles. The second-order valence-electron chi connectivity index (χ2n) is 4.81. The molecule has 0 spiro atoms. The van der Waals surface area contributed by atoms with E-state index in [1.807, 2.05) is 0 Å². The monoisotopic (exact) mass is 286 g/mol. The number of aliphatic hydroxyl groups is 1. The molecule has 19 heavy (non-hydrogen) atoms. The van der Waals surface area contributed by atoms with Gasteiger partial charge in [-0.05, 0) is 31.4 Å². The van der Waals surface area contributed by atoms with Crippen molar-refractivity contribution in [2.45, 2.75) is 29.8 Å². The highest BCUT2D eigenvalue weighted by atomic mass is 32.2. The molecule has 1 aromatic rings. The third kappa shape index (κ3) is 2.99. The number of nitrogen functional groups attached to an aromatic ring is 1. The van der Waals surface area contributed by atoms with Crippen LogP contribution in [0.1, 0.15) is 19.3 Å². The fourth-order valence-electron chi connectivity index (χ4n) is 1.93. The molecule has 106 valence electrons. The second kappa shape index (κ2) is 4.99. The fourth-order valence-corrected chi connectivity index (χ4v) is 3.07. The van der Waals surface area contributed by atoms with E-state index in [1.165, 1.54) is 25.3 Å². The van der Waals surface area contributed by atoms with Crippen LogP contribution in [-0.2, 0) is 10.0 Å². The molecular formula is C12H18N2O4S. The van der Waals surface area contributed by atoms with E-state index < -0.39 is 15.6 Å². The zero-order valence-corrected chi connectivity index (χ0v) is 11.5. The molecule has 0 heterocycles. The summed E-state index contributed by atoms with van der Waals surface area (Å²) in [5.41, 5.74) is 5.11. The summed E-state index contributed by atoms with van der Waals surface area (Å²) in [6.45, 7) is 0.0298. The number of rotatable bonds is 5. The molecule has 7 heteroatoms. The lowest BCUT2D eigenvalue weighted by atomic mass is 9.81. The van der Waals surface area contributed by atoms with Crippen molar-refractivity contribution in [2.24, 2.45) is 0 Å². The van der Waals surface area contributed by atoms with Crippen molar-refractivity contribution in [3.05, 3.63) is 18.2 Å². The number of nitrogens with one attached hydrogen (secondary N) is 1. The molecule has 0 radical (unpaired) electrons. The Hall–Kier alpha value is -1.31. The summed E-state index contributed by atoms with van der Waals surface area (Å²) < 4.78 is 31.6. The minimum atomic E-state index is -3.66. The Bertz CT molecular complexity index is 567. The number of sulfonamides is 1. The van der Waals surface area contributed by atoms with Gasteiger partial charge in [0.2, 0.25) is 10.0 Å². The van der Waals surface area contributed by atoms with Gasteiger partial charge in [0.15, 0.2) is 0 Å². The molecule has 1 fully saturated rings. The zero-order valence-electron chi connectivity index (χ0n) is 10.7. The number of ether oxygens (including phenoxy) is 1. The van der Waals surface area contributed by atoms with E-state index in [0.717, 1.165) is 6.42 Å². The topological polar surface area (TPSA) is 102 Å². The number of methoxy groups -OCH3 is 1. The van der Waals surface area contributed by atoms with Crippen LogP contribution in [0.4, 0.5) is 5.69 Å². The lowest BCUT2D eigenvalue weighted by molar-refractivity contribution is -0.0270. The number of hydrogen-bond acceptors (Lipinski definition) is 5. The zero-order chi connectivity index (χ0) is 14.1.